The number of halogens is 1. The normalized spacial score (nSPS) is 50.8. The predicted octanol–water partition coefficient (Wildman–Crippen LogP) is 3.37. The van der Waals surface area contributed by atoms with E-state index >= 15 is 0 Å². The molecule has 3 fully saturated rings. The molecule has 3 rings (SSSR count). The number of rotatable bonds is 3. The van der Waals surface area contributed by atoms with Crippen LogP contribution in [0.15, 0.2) is 0 Å². The van der Waals surface area contributed by atoms with Crippen molar-refractivity contribution in [3.8, 4) is 0 Å². The number of hydrogen-bond acceptors (Lipinski definition) is 1. The van der Waals surface area contributed by atoms with E-state index < -0.39 is 0 Å². The highest BCUT2D eigenvalue weighted by Crippen LogP contribution is 2.62. The maximum absolute atomic E-state index is 5.77. The fourth-order valence-electron chi connectivity index (χ4n) is 3.62. The molecule has 2 aliphatic carbocycles. The minimum atomic E-state index is 0.588. The van der Waals surface area contributed by atoms with Crippen LogP contribution in [-0.2, 0) is 4.74 Å². The van der Waals surface area contributed by atoms with Gasteiger partial charge in [-0.1, -0.05) is 15.9 Å². The van der Waals surface area contributed by atoms with Crippen molar-refractivity contribution in [3.05, 3.63) is 0 Å². The zero-order chi connectivity index (χ0) is 9.60. The lowest BCUT2D eigenvalue weighted by Gasteiger charge is -2.31. The van der Waals surface area contributed by atoms with Gasteiger partial charge >= 0.3 is 0 Å². The molecule has 1 aliphatic heterocycles. The van der Waals surface area contributed by atoms with Crippen molar-refractivity contribution < 1.29 is 4.74 Å². The van der Waals surface area contributed by atoms with Crippen LogP contribution < -0.4 is 0 Å². The average Bonchev–Trinajstić information content (AvgIpc) is 2.68. The number of alkyl halides is 1. The summed E-state index contributed by atoms with van der Waals surface area (Å²) in [5.74, 6) is 2.18. The Morgan fingerprint density at radius 3 is 2.64 bits per heavy atom. The van der Waals surface area contributed by atoms with Crippen molar-refractivity contribution in [1.82, 2.24) is 0 Å². The summed E-state index contributed by atoms with van der Waals surface area (Å²) in [5.41, 5.74) is 0.614. The van der Waals surface area contributed by atoms with Gasteiger partial charge in [0.15, 0.2) is 0 Å². The van der Waals surface area contributed by atoms with E-state index in [1.54, 1.807) is 0 Å². The van der Waals surface area contributed by atoms with Gasteiger partial charge in [-0.05, 0) is 55.8 Å². The number of hydrogen-bond donors (Lipinski definition) is 0. The first kappa shape index (κ1) is 9.65. The first-order valence-corrected chi connectivity index (χ1v) is 7.11. The second kappa shape index (κ2) is 3.48. The second-order valence-electron chi connectivity index (χ2n) is 5.64. The summed E-state index contributed by atoms with van der Waals surface area (Å²) in [7, 11) is 0. The van der Waals surface area contributed by atoms with Crippen LogP contribution in [0.4, 0.5) is 0 Å². The summed E-state index contributed by atoms with van der Waals surface area (Å²) in [6.07, 6.45) is 8.99. The maximum atomic E-state index is 5.77. The van der Waals surface area contributed by atoms with Gasteiger partial charge in [-0.15, -0.1) is 0 Å². The van der Waals surface area contributed by atoms with Crippen molar-refractivity contribution in [1.29, 1.82) is 0 Å². The van der Waals surface area contributed by atoms with Crippen LogP contribution in [0.2, 0.25) is 0 Å². The van der Waals surface area contributed by atoms with E-state index in [-0.39, 0.29) is 0 Å². The van der Waals surface area contributed by atoms with Crippen LogP contribution in [0.5, 0.6) is 0 Å². The fourth-order valence-corrected chi connectivity index (χ4v) is 4.31. The van der Waals surface area contributed by atoms with Gasteiger partial charge in [-0.2, -0.15) is 0 Å². The van der Waals surface area contributed by atoms with Crippen molar-refractivity contribution in [2.45, 2.75) is 44.6 Å². The first-order valence-electron chi connectivity index (χ1n) is 5.99. The van der Waals surface area contributed by atoms with Crippen LogP contribution in [0, 0.1) is 17.3 Å². The van der Waals surface area contributed by atoms with Crippen LogP contribution in [0.25, 0.3) is 0 Å². The molecule has 3 atom stereocenters. The van der Waals surface area contributed by atoms with Crippen LogP contribution >= 0.6 is 15.9 Å². The minimum absolute atomic E-state index is 0.588. The Kier molecular flexibility index (Phi) is 2.40. The molecule has 0 aromatic carbocycles. The summed E-state index contributed by atoms with van der Waals surface area (Å²) in [4.78, 5) is 0. The van der Waals surface area contributed by atoms with E-state index in [0.717, 1.165) is 18.4 Å². The van der Waals surface area contributed by atoms with Crippen molar-refractivity contribution >= 4 is 15.9 Å². The monoisotopic (exact) mass is 258 g/mol. The zero-order valence-corrected chi connectivity index (χ0v) is 10.3. The highest BCUT2D eigenvalue weighted by atomic mass is 79.9. The third-order valence-electron chi connectivity index (χ3n) is 4.43. The van der Waals surface area contributed by atoms with Gasteiger partial charge in [0.05, 0.1) is 6.10 Å². The van der Waals surface area contributed by atoms with Crippen molar-refractivity contribution in [3.63, 3.8) is 0 Å². The van der Waals surface area contributed by atoms with Crippen LogP contribution in [0.3, 0.4) is 0 Å². The molecule has 0 N–H and O–H groups in total. The molecule has 0 bridgehead atoms. The van der Waals surface area contributed by atoms with E-state index in [9.17, 15) is 0 Å². The highest BCUT2D eigenvalue weighted by molar-refractivity contribution is 9.09. The first-order chi connectivity index (χ1) is 6.81. The van der Waals surface area contributed by atoms with E-state index in [1.165, 1.54) is 43.9 Å². The Hall–Kier alpha value is 0.440. The van der Waals surface area contributed by atoms with Crippen LogP contribution in [0.1, 0.15) is 38.5 Å². The van der Waals surface area contributed by atoms with E-state index in [2.05, 4.69) is 15.9 Å². The summed E-state index contributed by atoms with van der Waals surface area (Å²) >= 11 is 3.73. The molecule has 3 aliphatic rings. The van der Waals surface area contributed by atoms with E-state index in [0.29, 0.717) is 11.5 Å². The molecule has 0 aromatic rings. The highest BCUT2D eigenvalue weighted by Gasteiger charge is 2.53. The Labute approximate surface area is 94.7 Å². The summed E-state index contributed by atoms with van der Waals surface area (Å²) in [6.45, 7) is 1.01. The smallest absolute Gasteiger partial charge is 0.0581 e. The Balaban J connectivity index is 1.62. The molecule has 1 saturated heterocycles. The largest absolute Gasteiger partial charge is 0.378 e. The third kappa shape index (κ3) is 1.65. The van der Waals surface area contributed by atoms with Gasteiger partial charge in [0, 0.05) is 11.9 Å². The number of fused-ring (bicyclic) bond motifs is 1. The molecule has 3 unspecified atom stereocenters. The van der Waals surface area contributed by atoms with Gasteiger partial charge < -0.3 is 4.74 Å². The lowest BCUT2D eigenvalue weighted by molar-refractivity contribution is 0.0660. The molecular weight excluding hydrogens is 240 g/mol. The summed E-state index contributed by atoms with van der Waals surface area (Å²) < 4.78 is 5.77. The third-order valence-corrected chi connectivity index (χ3v) is 5.62. The van der Waals surface area contributed by atoms with Gasteiger partial charge in [0.25, 0.3) is 0 Å². The summed E-state index contributed by atoms with van der Waals surface area (Å²) in [6, 6.07) is 0. The van der Waals surface area contributed by atoms with Gasteiger partial charge in [0.2, 0.25) is 0 Å². The zero-order valence-electron chi connectivity index (χ0n) is 8.68. The van der Waals surface area contributed by atoms with Crippen molar-refractivity contribution in [2.24, 2.45) is 17.3 Å². The lowest BCUT2D eigenvalue weighted by Crippen LogP contribution is -2.26. The quantitative estimate of drug-likeness (QED) is 0.706. The average molecular weight is 259 g/mol. The Morgan fingerprint density at radius 2 is 2.07 bits per heavy atom. The topological polar surface area (TPSA) is 9.23 Å². The second-order valence-corrected chi connectivity index (χ2v) is 6.20. The number of ether oxygens (including phenoxy) is 1. The molecule has 0 spiro atoms. The molecule has 0 aromatic heterocycles. The molecular formula is C12H19BrO. The molecule has 1 nitrogen and oxygen atoms in total. The fraction of sp³-hybridized carbons (Fsp3) is 1.00. The van der Waals surface area contributed by atoms with E-state index in [1.807, 2.05) is 0 Å². The standard InChI is InChI=1S/C12H19BrO/c13-8-12(5-9-4-10(9)6-12)7-11-2-1-3-14-11/h9-11H,1-8H2. The maximum Gasteiger partial charge on any atom is 0.0581 e. The molecule has 0 amide bonds. The van der Waals surface area contributed by atoms with E-state index in [4.69, 9.17) is 4.74 Å². The minimum Gasteiger partial charge on any atom is -0.378 e. The van der Waals surface area contributed by atoms with Gasteiger partial charge in [-0.3, -0.25) is 0 Å². The Morgan fingerprint density at radius 1 is 1.29 bits per heavy atom. The molecule has 0 radical (unpaired) electrons. The van der Waals surface area contributed by atoms with Crippen molar-refractivity contribution in [2.75, 3.05) is 11.9 Å². The Bertz CT molecular complexity index is 212. The van der Waals surface area contributed by atoms with Gasteiger partial charge in [0.1, 0.15) is 0 Å². The molecule has 2 saturated carbocycles. The predicted molar refractivity (Wildman–Crippen MR) is 60.6 cm³/mol. The molecule has 80 valence electrons. The lowest BCUT2D eigenvalue weighted by atomic mass is 9.79. The molecule has 1 heterocycles. The molecule has 2 heteroatoms. The van der Waals surface area contributed by atoms with Crippen LogP contribution in [-0.4, -0.2) is 18.0 Å². The van der Waals surface area contributed by atoms with Gasteiger partial charge in [-0.25, -0.2) is 0 Å². The SMILES string of the molecule is BrCC1(CC2CCCO2)CC2CC2C1. The molecule has 14 heavy (non-hydrogen) atoms. The summed E-state index contributed by atoms with van der Waals surface area (Å²) in [5, 5.41) is 1.20.